The molecule has 3 aromatic carbocycles. The summed E-state index contributed by atoms with van der Waals surface area (Å²) in [7, 11) is 0. The summed E-state index contributed by atoms with van der Waals surface area (Å²) in [6.45, 7) is 2.36. The fourth-order valence-electron chi connectivity index (χ4n) is 3.26. The van der Waals surface area contributed by atoms with Gasteiger partial charge in [-0.15, -0.1) is 0 Å². The third-order valence-electron chi connectivity index (χ3n) is 4.60. The highest BCUT2D eigenvalue weighted by Crippen LogP contribution is 2.37. The summed E-state index contributed by atoms with van der Waals surface area (Å²) in [6.07, 6.45) is 4.35. The van der Waals surface area contributed by atoms with Crippen LogP contribution in [0.1, 0.15) is 34.0 Å². The summed E-state index contributed by atoms with van der Waals surface area (Å²) in [4.78, 5) is 13.8. The average molecular weight is 325 g/mol. The molecule has 1 aliphatic rings. The van der Waals surface area contributed by atoms with Gasteiger partial charge in [-0.2, -0.15) is 0 Å². The molecular formula is C23H19NO. The molecule has 0 amide bonds. The lowest BCUT2D eigenvalue weighted by atomic mass is 10.1. The molecular weight excluding hydrogens is 306 g/mol. The zero-order chi connectivity index (χ0) is 17.2. The van der Waals surface area contributed by atoms with Gasteiger partial charge in [-0.05, 0) is 35.7 Å². The maximum atomic E-state index is 11.5. The molecule has 0 N–H and O–H groups in total. The lowest BCUT2D eigenvalue weighted by Crippen LogP contribution is -2.17. The maximum Gasteiger partial charge on any atom is 0.159 e. The van der Waals surface area contributed by atoms with Gasteiger partial charge in [0.25, 0.3) is 0 Å². The Balaban J connectivity index is 1.77. The van der Waals surface area contributed by atoms with Gasteiger partial charge in [0, 0.05) is 23.5 Å². The largest absolute Gasteiger partial charge is 0.336 e. The number of carbonyl (C=O) groups excluding carboxylic acids is 1. The molecule has 1 heterocycles. The molecule has 0 saturated carbocycles. The van der Waals surface area contributed by atoms with Crippen LogP contribution in [0.5, 0.6) is 0 Å². The lowest BCUT2D eigenvalue weighted by Gasteiger charge is -2.27. The highest BCUT2D eigenvalue weighted by atomic mass is 16.1. The monoisotopic (exact) mass is 325 g/mol. The minimum atomic E-state index is 0.0983. The van der Waals surface area contributed by atoms with Crippen LogP contribution >= 0.6 is 0 Å². The second-order valence-electron chi connectivity index (χ2n) is 6.29. The SMILES string of the molecule is CC(=O)c1ccc(CN2c3ccccc3C=Cc3ccccc32)cc1. The van der Waals surface area contributed by atoms with E-state index in [0.717, 1.165) is 12.1 Å². The molecule has 0 unspecified atom stereocenters. The van der Waals surface area contributed by atoms with E-state index in [0.29, 0.717) is 0 Å². The van der Waals surface area contributed by atoms with Crippen molar-refractivity contribution in [3.05, 3.63) is 95.1 Å². The number of anilines is 2. The van der Waals surface area contributed by atoms with E-state index in [4.69, 9.17) is 0 Å². The van der Waals surface area contributed by atoms with E-state index >= 15 is 0 Å². The summed E-state index contributed by atoms with van der Waals surface area (Å²) < 4.78 is 0. The lowest BCUT2D eigenvalue weighted by molar-refractivity contribution is 0.101. The summed E-state index contributed by atoms with van der Waals surface area (Å²) >= 11 is 0. The Kier molecular flexibility index (Phi) is 3.95. The van der Waals surface area contributed by atoms with Gasteiger partial charge in [0.05, 0.1) is 0 Å². The van der Waals surface area contributed by atoms with Crippen LogP contribution in [0.15, 0.2) is 72.8 Å². The topological polar surface area (TPSA) is 20.3 Å². The fraction of sp³-hybridized carbons (Fsp3) is 0.0870. The number of benzene rings is 3. The highest BCUT2D eigenvalue weighted by molar-refractivity contribution is 5.94. The van der Waals surface area contributed by atoms with Crippen molar-refractivity contribution in [3.8, 4) is 0 Å². The van der Waals surface area contributed by atoms with Gasteiger partial charge < -0.3 is 4.90 Å². The predicted octanol–water partition coefficient (Wildman–Crippen LogP) is 5.71. The number of para-hydroxylation sites is 2. The maximum absolute atomic E-state index is 11.5. The first kappa shape index (κ1) is 15.4. The second-order valence-corrected chi connectivity index (χ2v) is 6.29. The highest BCUT2D eigenvalue weighted by Gasteiger charge is 2.17. The summed E-state index contributed by atoms with van der Waals surface area (Å²) in [5, 5.41) is 0. The van der Waals surface area contributed by atoms with E-state index in [1.165, 1.54) is 28.1 Å². The molecule has 0 radical (unpaired) electrons. The van der Waals surface area contributed by atoms with Crippen LogP contribution in [-0.2, 0) is 6.54 Å². The van der Waals surface area contributed by atoms with Crippen molar-refractivity contribution in [3.63, 3.8) is 0 Å². The second kappa shape index (κ2) is 6.40. The molecule has 0 aliphatic carbocycles. The van der Waals surface area contributed by atoms with E-state index in [9.17, 15) is 4.79 Å². The van der Waals surface area contributed by atoms with Crippen molar-refractivity contribution in [2.24, 2.45) is 0 Å². The third-order valence-corrected chi connectivity index (χ3v) is 4.60. The van der Waals surface area contributed by atoms with Gasteiger partial charge in [0.2, 0.25) is 0 Å². The number of carbonyl (C=O) groups is 1. The Morgan fingerprint density at radius 1 is 0.760 bits per heavy atom. The molecule has 0 atom stereocenters. The zero-order valence-electron chi connectivity index (χ0n) is 14.1. The van der Waals surface area contributed by atoms with Gasteiger partial charge >= 0.3 is 0 Å². The van der Waals surface area contributed by atoms with Crippen LogP contribution in [0.3, 0.4) is 0 Å². The Bertz CT molecular complexity index is 904. The molecule has 2 heteroatoms. The van der Waals surface area contributed by atoms with Crippen LogP contribution in [-0.4, -0.2) is 5.78 Å². The smallest absolute Gasteiger partial charge is 0.159 e. The van der Waals surface area contributed by atoms with Crippen LogP contribution in [0, 0.1) is 0 Å². The first-order valence-electron chi connectivity index (χ1n) is 8.46. The molecule has 25 heavy (non-hydrogen) atoms. The first-order valence-corrected chi connectivity index (χ1v) is 8.46. The van der Waals surface area contributed by atoms with Crippen molar-refractivity contribution < 1.29 is 4.79 Å². The summed E-state index contributed by atoms with van der Waals surface area (Å²) in [6, 6.07) is 24.8. The quantitative estimate of drug-likeness (QED) is 0.575. The van der Waals surface area contributed by atoms with Gasteiger partial charge in [0.1, 0.15) is 0 Å². The number of fused-ring (bicyclic) bond motifs is 2. The van der Waals surface area contributed by atoms with Crippen LogP contribution < -0.4 is 4.90 Å². The molecule has 1 aliphatic heterocycles. The normalized spacial score (nSPS) is 12.3. The van der Waals surface area contributed by atoms with Crippen molar-refractivity contribution in [1.82, 2.24) is 0 Å². The first-order chi connectivity index (χ1) is 12.2. The van der Waals surface area contributed by atoms with Crippen molar-refractivity contribution in [2.75, 3.05) is 4.90 Å². The van der Waals surface area contributed by atoms with E-state index in [1.807, 2.05) is 24.3 Å². The summed E-state index contributed by atoms with van der Waals surface area (Å²) in [5.41, 5.74) is 6.73. The average Bonchev–Trinajstić information content (AvgIpc) is 2.80. The number of rotatable bonds is 3. The molecule has 0 aromatic heterocycles. The number of hydrogen-bond donors (Lipinski definition) is 0. The van der Waals surface area contributed by atoms with Gasteiger partial charge in [-0.25, -0.2) is 0 Å². The standard InChI is InChI=1S/C23H19NO/c1-17(25)19-12-10-18(11-13-19)16-24-22-8-4-2-6-20(22)14-15-21-7-3-5-9-23(21)24/h2-15H,16H2,1H3. The molecule has 4 rings (SSSR count). The van der Waals surface area contributed by atoms with E-state index in [2.05, 4.69) is 65.6 Å². The zero-order valence-corrected chi connectivity index (χ0v) is 14.1. The van der Waals surface area contributed by atoms with Gasteiger partial charge in [-0.1, -0.05) is 72.8 Å². The molecule has 0 fully saturated rings. The van der Waals surface area contributed by atoms with E-state index in [-0.39, 0.29) is 5.78 Å². The molecule has 0 saturated heterocycles. The molecule has 2 nitrogen and oxygen atoms in total. The molecule has 0 bridgehead atoms. The number of nitrogens with zero attached hydrogens (tertiary/aromatic N) is 1. The van der Waals surface area contributed by atoms with E-state index < -0.39 is 0 Å². The van der Waals surface area contributed by atoms with Gasteiger partial charge in [0.15, 0.2) is 5.78 Å². The van der Waals surface area contributed by atoms with E-state index in [1.54, 1.807) is 6.92 Å². The Morgan fingerprint density at radius 2 is 1.28 bits per heavy atom. The van der Waals surface area contributed by atoms with Gasteiger partial charge in [-0.3, -0.25) is 4.79 Å². The summed E-state index contributed by atoms with van der Waals surface area (Å²) in [5.74, 6) is 0.0983. The van der Waals surface area contributed by atoms with Crippen LogP contribution in [0.2, 0.25) is 0 Å². The number of ketones is 1. The minimum absolute atomic E-state index is 0.0983. The Labute approximate surface area is 148 Å². The number of hydrogen-bond acceptors (Lipinski definition) is 2. The van der Waals surface area contributed by atoms with Crippen LogP contribution in [0.4, 0.5) is 11.4 Å². The van der Waals surface area contributed by atoms with Crippen molar-refractivity contribution in [2.45, 2.75) is 13.5 Å². The molecule has 0 spiro atoms. The van der Waals surface area contributed by atoms with Crippen LogP contribution in [0.25, 0.3) is 12.2 Å². The van der Waals surface area contributed by atoms with Crippen molar-refractivity contribution >= 4 is 29.3 Å². The van der Waals surface area contributed by atoms with Crippen molar-refractivity contribution in [1.29, 1.82) is 0 Å². The fourth-order valence-corrected chi connectivity index (χ4v) is 3.26. The predicted molar refractivity (Wildman–Crippen MR) is 104 cm³/mol. The third kappa shape index (κ3) is 2.99. The number of Topliss-reactive ketones (excluding diaryl/α,β-unsaturated/α-hetero) is 1. The Morgan fingerprint density at radius 3 is 1.80 bits per heavy atom. The Hall–Kier alpha value is -3.13. The molecule has 122 valence electrons. The minimum Gasteiger partial charge on any atom is -0.336 e. The molecule has 3 aromatic rings.